The van der Waals surface area contributed by atoms with E-state index in [1.807, 2.05) is 0 Å². The maximum atomic E-state index is 14.4. The smallest absolute Gasteiger partial charge is 0.323 e. The number of Topliss-reactive ketones (excluding diaryl/α,β-unsaturated/α-hetero) is 1. The van der Waals surface area contributed by atoms with Gasteiger partial charge in [-0.05, 0) is 47.7 Å². The van der Waals surface area contributed by atoms with Gasteiger partial charge < -0.3 is 4.18 Å². The second kappa shape index (κ2) is 9.58. The van der Waals surface area contributed by atoms with Crippen LogP contribution in [-0.2, 0) is 9.60 Å². The standard InChI is InChI=1S/C24H21Cl3F3NO2S/c1-13-5-15(3-4-17(13)21(32)6-14-10-33-34(2)11-14)20-9-23(12-31-20,24(28,29)30)16-7-18(25)22(27)19(26)8-16/h3-5,7-8,14H,2,6,9-12H2,1H3. The zero-order valence-corrected chi connectivity index (χ0v) is 21.2. The van der Waals surface area contributed by atoms with Crippen LogP contribution in [0.25, 0.3) is 0 Å². The van der Waals surface area contributed by atoms with Gasteiger partial charge in [-0.1, -0.05) is 57.7 Å². The predicted octanol–water partition coefficient (Wildman–Crippen LogP) is 7.48. The van der Waals surface area contributed by atoms with Crippen LogP contribution in [-0.4, -0.2) is 42.4 Å². The topological polar surface area (TPSA) is 38.7 Å². The molecule has 2 aliphatic heterocycles. The molecule has 10 heteroatoms. The average molecular weight is 551 g/mol. The first kappa shape index (κ1) is 25.7. The third kappa shape index (κ3) is 4.82. The Morgan fingerprint density at radius 1 is 1.24 bits per heavy atom. The number of hydrogen-bond donors (Lipinski definition) is 0. The summed E-state index contributed by atoms with van der Waals surface area (Å²) < 4.78 is 48.6. The predicted molar refractivity (Wildman–Crippen MR) is 134 cm³/mol. The highest BCUT2D eigenvalue weighted by Crippen LogP contribution is 2.49. The molecule has 0 aliphatic carbocycles. The first-order chi connectivity index (χ1) is 15.9. The van der Waals surface area contributed by atoms with Crippen molar-refractivity contribution in [1.82, 2.24) is 0 Å². The van der Waals surface area contributed by atoms with Crippen molar-refractivity contribution in [2.45, 2.75) is 31.4 Å². The fourth-order valence-corrected chi connectivity index (χ4v) is 6.21. The van der Waals surface area contributed by atoms with Crippen molar-refractivity contribution in [3.05, 3.63) is 67.7 Å². The minimum atomic E-state index is -4.60. The molecule has 0 bridgehead atoms. The second-order valence-corrected chi connectivity index (χ2v) is 11.3. The third-order valence-electron chi connectivity index (χ3n) is 6.31. The number of rotatable bonds is 5. The normalized spacial score (nSPS) is 25.0. The molecule has 3 unspecified atom stereocenters. The maximum absolute atomic E-state index is 14.4. The van der Waals surface area contributed by atoms with E-state index < -0.39 is 18.1 Å². The van der Waals surface area contributed by atoms with Crippen molar-refractivity contribution < 1.29 is 22.1 Å². The van der Waals surface area contributed by atoms with Crippen LogP contribution < -0.4 is 0 Å². The summed E-state index contributed by atoms with van der Waals surface area (Å²) >= 11 is 18.0. The largest absolute Gasteiger partial charge is 0.400 e. The molecule has 2 aromatic rings. The van der Waals surface area contributed by atoms with Crippen molar-refractivity contribution in [3.63, 3.8) is 0 Å². The van der Waals surface area contributed by atoms with Gasteiger partial charge in [0.1, 0.15) is 5.41 Å². The molecule has 0 aromatic heterocycles. The molecule has 0 radical (unpaired) electrons. The molecular weight excluding hydrogens is 530 g/mol. The molecule has 2 aromatic carbocycles. The molecule has 2 aliphatic rings. The number of alkyl halides is 3. The number of hydrogen-bond acceptors (Lipinski definition) is 3. The number of carbonyl (C=O) groups excluding carboxylic acids is 1. The Bertz CT molecular complexity index is 1190. The second-order valence-electron chi connectivity index (χ2n) is 8.69. The van der Waals surface area contributed by atoms with Crippen LogP contribution in [0, 0.1) is 12.8 Å². The first-order valence-corrected chi connectivity index (χ1v) is 13.1. The van der Waals surface area contributed by atoms with E-state index in [9.17, 15) is 18.0 Å². The number of carbonyl (C=O) groups is 1. The van der Waals surface area contributed by atoms with E-state index in [-0.39, 0.29) is 49.5 Å². The number of halogens is 6. The summed E-state index contributed by atoms with van der Waals surface area (Å²) in [6.07, 6.45) is -4.61. The summed E-state index contributed by atoms with van der Waals surface area (Å²) in [6.45, 7) is 1.80. The summed E-state index contributed by atoms with van der Waals surface area (Å²) in [6, 6.07) is 7.46. The highest BCUT2D eigenvalue weighted by Gasteiger charge is 2.58. The van der Waals surface area contributed by atoms with Gasteiger partial charge in [-0.3, -0.25) is 9.79 Å². The molecule has 3 nitrogen and oxygen atoms in total. The molecule has 1 fully saturated rings. The van der Waals surface area contributed by atoms with Gasteiger partial charge in [-0.25, -0.2) is 0 Å². The Balaban J connectivity index is 1.59. The van der Waals surface area contributed by atoms with Crippen LogP contribution in [0.15, 0.2) is 35.3 Å². The highest BCUT2D eigenvalue weighted by atomic mass is 35.5. The summed E-state index contributed by atoms with van der Waals surface area (Å²) in [5, 5.41) is -0.0774. The van der Waals surface area contributed by atoms with E-state index in [1.165, 1.54) is 12.1 Å². The monoisotopic (exact) mass is 549 g/mol. The van der Waals surface area contributed by atoms with Gasteiger partial charge in [0.15, 0.2) is 5.78 Å². The number of ketones is 1. The van der Waals surface area contributed by atoms with E-state index in [0.29, 0.717) is 35.4 Å². The summed E-state index contributed by atoms with van der Waals surface area (Å²) in [4.78, 5) is 17.0. The molecule has 3 atom stereocenters. The Labute approximate surface area is 213 Å². The van der Waals surface area contributed by atoms with Crippen LogP contribution in [0.3, 0.4) is 0 Å². The van der Waals surface area contributed by atoms with Crippen molar-refractivity contribution in [2.24, 2.45) is 10.9 Å². The zero-order valence-electron chi connectivity index (χ0n) is 18.1. The van der Waals surface area contributed by atoms with Crippen LogP contribution in [0.4, 0.5) is 13.2 Å². The quantitative estimate of drug-likeness (QED) is 0.220. The SMILES string of the molecule is C=S1CC(CC(=O)c2ccc(C3=NCC(c4cc(Cl)c(Cl)c(Cl)c4)(C(F)(F)F)C3)cc2C)CO1. The third-order valence-corrected chi connectivity index (χ3v) is 8.82. The van der Waals surface area contributed by atoms with Crippen LogP contribution in [0.2, 0.25) is 15.1 Å². The van der Waals surface area contributed by atoms with Gasteiger partial charge >= 0.3 is 6.18 Å². The number of nitrogens with zero attached hydrogens (tertiary/aromatic N) is 1. The van der Waals surface area contributed by atoms with Crippen LogP contribution >= 0.6 is 45.6 Å². The number of benzene rings is 2. The van der Waals surface area contributed by atoms with Crippen LogP contribution in [0.5, 0.6) is 0 Å². The Morgan fingerprint density at radius 2 is 1.91 bits per heavy atom. The van der Waals surface area contributed by atoms with Gasteiger partial charge in [0.05, 0.1) is 28.2 Å². The Hall–Kier alpha value is -1.38. The highest BCUT2D eigenvalue weighted by molar-refractivity contribution is 8.10. The van der Waals surface area contributed by atoms with Gasteiger partial charge in [-0.15, -0.1) is 0 Å². The molecule has 0 N–H and O–H groups in total. The summed E-state index contributed by atoms with van der Waals surface area (Å²) in [5.41, 5.74) is -0.237. The molecule has 0 saturated carbocycles. The lowest BCUT2D eigenvalue weighted by molar-refractivity contribution is -0.183. The van der Waals surface area contributed by atoms with E-state index in [1.54, 1.807) is 25.1 Å². The molecule has 0 spiro atoms. The van der Waals surface area contributed by atoms with Gasteiger partial charge in [0.25, 0.3) is 0 Å². The lowest BCUT2D eigenvalue weighted by Gasteiger charge is -2.32. The number of aryl methyl sites for hydroxylation is 1. The molecule has 182 valence electrons. The van der Waals surface area contributed by atoms with Gasteiger partial charge in [-0.2, -0.15) is 13.2 Å². The fraction of sp³-hybridized carbons (Fsp3) is 0.375. The number of aliphatic imine (C=N–C) groups is 1. The van der Waals surface area contributed by atoms with Crippen molar-refractivity contribution in [2.75, 3.05) is 18.9 Å². The molecule has 1 saturated heterocycles. The van der Waals surface area contributed by atoms with E-state index in [2.05, 4.69) is 10.9 Å². The van der Waals surface area contributed by atoms with E-state index in [4.69, 9.17) is 39.0 Å². The Kier molecular flexibility index (Phi) is 7.25. The van der Waals surface area contributed by atoms with Crippen LogP contribution in [0.1, 0.15) is 39.9 Å². The molecular formula is C24H21Cl3F3NO2S. The lowest BCUT2D eigenvalue weighted by Crippen LogP contribution is -2.43. The van der Waals surface area contributed by atoms with Crippen molar-refractivity contribution in [3.8, 4) is 0 Å². The van der Waals surface area contributed by atoms with E-state index >= 15 is 0 Å². The fourth-order valence-electron chi connectivity index (χ4n) is 4.40. The summed E-state index contributed by atoms with van der Waals surface area (Å²) in [7, 11) is -0.355. The Morgan fingerprint density at radius 3 is 2.47 bits per heavy atom. The minimum Gasteiger partial charge on any atom is -0.323 e. The zero-order chi connectivity index (χ0) is 24.8. The van der Waals surface area contributed by atoms with E-state index in [0.717, 1.165) is 5.75 Å². The van der Waals surface area contributed by atoms with Gasteiger partial charge in [0, 0.05) is 35.8 Å². The molecule has 4 rings (SSSR count). The molecule has 2 heterocycles. The van der Waals surface area contributed by atoms with Crippen molar-refractivity contribution in [1.29, 1.82) is 0 Å². The summed E-state index contributed by atoms with van der Waals surface area (Å²) in [5.74, 6) is 4.77. The first-order valence-electron chi connectivity index (χ1n) is 10.4. The van der Waals surface area contributed by atoms with Gasteiger partial charge in [0.2, 0.25) is 0 Å². The molecule has 34 heavy (non-hydrogen) atoms. The lowest BCUT2D eigenvalue weighted by atomic mass is 9.76. The minimum absolute atomic E-state index is 0.00906. The van der Waals surface area contributed by atoms with Crippen molar-refractivity contribution >= 4 is 62.9 Å². The maximum Gasteiger partial charge on any atom is 0.400 e. The average Bonchev–Trinajstić information content (AvgIpc) is 3.38. The molecule has 0 amide bonds.